The molecule has 0 saturated heterocycles. The summed E-state index contributed by atoms with van der Waals surface area (Å²) in [6.45, 7) is 0.0129. The summed E-state index contributed by atoms with van der Waals surface area (Å²) in [5.41, 5.74) is 0.157. The van der Waals surface area contributed by atoms with Crippen LogP contribution in [0.4, 0.5) is 0 Å². The summed E-state index contributed by atoms with van der Waals surface area (Å²) in [4.78, 5) is 11.7. The van der Waals surface area contributed by atoms with E-state index in [0.29, 0.717) is 5.56 Å². The highest BCUT2D eigenvalue weighted by atomic mass is 16.3. The van der Waals surface area contributed by atoms with Crippen LogP contribution < -0.4 is 5.32 Å². The van der Waals surface area contributed by atoms with E-state index in [1.165, 1.54) is 6.20 Å². The van der Waals surface area contributed by atoms with Crippen LogP contribution in [-0.2, 0) is 7.05 Å². The lowest BCUT2D eigenvalue weighted by atomic mass is 9.77. The van der Waals surface area contributed by atoms with Crippen LogP contribution >= 0.6 is 0 Å². The van der Waals surface area contributed by atoms with Crippen LogP contribution in [0.1, 0.15) is 29.6 Å². The van der Waals surface area contributed by atoms with Crippen molar-refractivity contribution >= 4 is 5.91 Å². The van der Waals surface area contributed by atoms with Crippen molar-refractivity contribution in [1.82, 2.24) is 15.1 Å². The maximum Gasteiger partial charge on any atom is 0.254 e. The van der Waals surface area contributed by atoms with Gasteiger partial charge < -0.3 is 10.4 Å². The molecule has 82 valence electrons. The summed E-state index contributed by atoms with van der Waals surface area (Å²) in [7, 11) is 1.77. The summed E-state index contributed by atoms with van der Waals surface area (Å²) in [6, 6.07) is 0. The molecule has 1 aliphatic rings. The van der Waals surface area contributed by atoms with E-state index in [1.54, 1.807) is 17.9 Å². The minimum atomic E-state index is -0.382. The van der Waals surface area contributed by atoms with Crippen molar-refractivity contribution in [3.05, 3.63) is 18.0 Å². The highest BCUT2D eigenvalue weighted by Crippen LogP contribution is 2.31. The number of aryl methyl sites for hydroxylation is 1. The standard InChI is InChI=1S/C10H15N3O2/c1-13-6-8(5-11-13)9(15)12-10(7-14)3-2-4-10/h5-6,14H,2-4,7H2,1H3,(H,12,15). The molecule has 1 aliphatic carbocycles. The van der Waals surface area contributed by atoms with Gasteiger partial charge in [0.25, 0.3) is 5.91 Å². The quantitative estimate of drug-likeness (QED) is 0.740. The van der Waals surface area contributed by atoms with E-state index in [0.717, 1.165) is 19.3 Å². The third-order valence-electron chi connectivity index (χ3n) is 2.96. The topological polar surface area (TPSA) is 67.2 Å². The molecule has 5 nitrogen and oxygen atoms in total. The smallest absolute Gasteiger partial charge is 0.254 e. The van der Waals surface area contributed by atoms with Crippen LogP contribution in [0.15, 0.2) is 12.4 Å². The molecule has 0 unspecified atom stereocenters. The molecular formula is C10H15N3O2. The average Bonchev–Trinajstić information content (AvgIpc) is 2.58. The molecule has 0 bridgehead atoms. The Labute approximate surface area is 88.1 Å². The third-order valence-corrected chi connectivity index (χ3v) is 2.96. The highest BCUT2D eigenvalue weighted by Gasteiger charge is 2.37. The fraction of sp³-hybridized carbons (Fsp3) is 0.600. The molecule has 0 atom stereocenters. The monoisotopic (exact) mass is 209 g/mol. The molecule has 2 N–H and O–H groups in total. The van der Waals surface area contributed by atoms with E-state index in [4.69, 9.17) is 0 Å². The minimum Gasteiger partial charge on any atom is -0.394 e. The summed E-state index contributed by atoms with van der Waals surface area (Å²) >= 11 is 0. The number of aliphatic hydroxyl groups excluding tert-OH is 1. The average molecular weight is 209 g/mol. The summed E-state index contributed by atoms with van der Waals surface area (Å²) < 4.78 is 1.58. The number of carbonyl (C=O) groups is 1. The summed E-state index contributed by atoms with van der Waals surface area (Å²) in [5, 5.41) is 16.0. The van der Waals surface area contributed by atoms with Crippen LogP contribution in [0, 0.1) is 0 Å². The zero-order valence-electron chi connectivity index (χ0n) is 8.73. The first-order valence-corrected chi connectivity index (χ1v) is 5.07. The summed E-state index contributed by atoms with van der Waals surface area (Å²) in [6.07, 6.45) is 5.97. The van der Waals surface area contributed by atoms with Crippen LogP contribution in [0.25, 0.3) is 0 Å². The number of rotatable bonds is 3. The van der Waals surface area contributed by atoms with Gasteiger partial charge in [-0.05, 0) is 19.3 Å². The maximum atomic E-state index is 11.7. The zero-order valence-corrected chi connectivity index (χ0v) is 8.73. The number of carbonyl (C=O) groups excluding carboxylic acids is 1. The zero-order chi connectivity index (χ0) is 10.9. The Morgan fingerprint density at radius 1 is 1.73 bits per heavy atom. The van der Waals surface area contributed by atoms with Gasteiger partial charge in [0.2, 0.25) is 0 Å². The van der Waals surface area contributed by atoms with Crippen LogP contribution in [0.2, 0.25) is 0 Å². The molecule has 1 saturated carbocycles. The maximum absolute atomic E-state index is 11.7. The Bertz CT molecular complexity index is 363. The van der Waals surface area contributed by atoms with E-state index in [2.05, 4.69) is 10.4 Å². The first kappa shape index (κ1) is 10.2. The highest BCUT2D eigenvalue weighted by molar-refractivity contribution is 5.94. The van der Waals surface area contributed by atoms with Crippen molar-refractivity contribution in [2.24, 2.45) is 7.05 Å². The van der Waals surface area contributed by atoms with E-state index in [-0.39, 0.29) is 18.1 Å². The number of nitrogens with one attached hydrogen (secondary N) is 1. The number of aliphatic hydroxyl groups is 1. The van der Waals surface area contributed by atoms with Gasteiger partial charge in [0, 0.05) is 13.2 Å². The largest absolute Gasteiger partial charge is 0.394 e. The lowest BCUT2D eigenvalue weighted by Gasteiger charge is -2.40. The van der Waals surface area contributed by atoms with Gasteiger partial charge in [0.1, 0.15) is 0 Å². The molecule has 1 fully saturated rings. The molecule has 0 aromatic carbocycles. The van der Waals surface area contributed by atoms with Crippen LogP contribution in [0.3, 0.4) is 0 Å². The van der Waals surface area contributed by atoms with E-state index >= 15 is 0 Å². The van der Waals surface area contributed by atoms with Gasteiger partial charge in [-0.1, -0.05) is 0 Å². The molecule has 2 rings (SSSR count). The molecule has 5 heteroatoms. The van der Waals surface area contributed by atoms with Crippen molar-refractivity contribution in [2.75, 3.05) is 6.61 Å². The van der Waals surface area contributed by atoms with Gasteiger partial charge in [-0.15, -0.1) is 0 Å². The Balaban J connectivity index is 2.03. The predicted molar refractivity (Wildman–Crippen MR) is 54.3 cm³/mol. The number of nitrogens with zero attached hydrogens (tertiary/aromatic N) is 2. The van der Waals surface area contributed by atoms with Crippen LogP contribution in [0.5, 0.6) is 0 Å². The van der Waals surface area contributed by atoms with Crippen molar-refractivity contribution < 1.29 is 9.90 Å². The van der Waals surface area contributed by atoms with Gasteiger partial charge in [0.05, 0.1) is 23.9 Å². The number of hydrogen-bond acceptors (Lipinski definition) is 3. The molecule has 1 aromatic heterocycles. The van der Waals surface area contributed by atoms with Gasteiger partial charge >= 0.3 is 0 Å². The van der Waals surface area contributed by atoms with Crippen molar-refractivity contribution in [1.29, 1.82) is 0 Å². The predicted octanol–water partition coefficient (Wildman–Crippen LogP) is 0.0649. The lowest BCUT2D eigenvalue weighted by Crippen LogP contribution is -2.56. The first-order chi connectivity index (χ1) is 7.15. The van der Waals surface area contributed by atoms with E-state index in [1.807, 2.05) is 0 Å². The molecule has 0 radical (unpaired) electrons. The second kappa shape index (κ2) is 3.66. The second-order valence-electron chi connectivity index (χ2n) is 4.15. The minimum absolute atomic E-state index is 0.0129. The Hall–Kier alpha value is -1.36. The van der Waals surface area contributed by atoms with Gasteiger partial charge in [0.15, 0.2) is 0 Å². The van der Waals surface area contributed by atoms with Crippen molar-refractivity contribution in [3.63, 3.8) is 0 Å². The molecule has 1 amide bonds. The van der Waals surface area contributed by atoms with Crippen molar-refractivity contribution in [3.8, 4) is 0 Å². The van der Waals surface area contributed by atoms with Crippen molar-refractivity contribution in [2.45, 2.75) is 24.8 Å². The van der Waals surface area contributed by atoms with Crippen LogP contribution in [-0.4, -0.2) is 32.9 Å². The Morgan fingerprint density at radius 3 is 2.87 bits per heavy atom. The van der Waals surface area contributed by atoms with E-state index in [9.17, 15) is 9.90 Å². The second-order valence-corrected chi connectivity index (χ2v) is 4.15. The van der Waals surface area contributed by atoms with Gasteiger partial charge in [-0.3, -0.25) is 9.48 Å². The van der Waals surface area contributed by atoms with E-state index < -0.39 is 0 Å². The SMILES string of the molecule is Cn1cc(C(=O)NC2(CO)CCC2)cn1. The number of amides is 1. The molecule has 0 aliphatic heterocycles. The fourth-order valence-corrected chi connectivity index (χ4v) is 1.78. The number of aromatic nitrogens is 2. The molecular weight excluding hydrogens is 194 g/mol. The van der Waals surface area contributed by atoms with Gasteiger partial charge in [-0.25, -0.2) is 0 Å². The Kier molecular flexibility index (Phi) is 2.48. The molecule has 15 heavy (non-hydrogen) atoms. The normalized spacial score (nSPS) is 18.3. The summed E-state index contributed by atoms with van der Waals surface area (Å²) in [5.74, 6) is -0.156. The third kappa shape index (κ3) is 1.87. The first-order valence-electron chi connectivity index (χ1n) is 5.07. The Morgan fingerprint density at radius 2 is 2.47 bits per heavy atom. The van der Waals surface area contributed by atoms with Gasteiger partial charge in [-0.2, -0.15) is 5.10 Å². The fourth-order valence-electron chi connectivity index (χ4n) is 1.78. The molecule has 0 spiro atoms. The molecule has 1 heterocycles. The number of hydrogen-bond donors (Lipinski definition) is 2. The lowest BCUT2D eigenvalue weighted by molar-refractivity contribution is 0.0641. The molecule has 1 aromatic rings.